The minimum Gasteiger partial charge on any atom is -0.497 e. The number of nitrogens with zero attached hydrogens (tertiary/aromatic N) is 1. The number of hydrogen-bond acceptors (Lipinski definition) is 4. The van der Waals surface area contributed by atoms with Crippen LogP contribution in [-0.4, -0.2) is 43.7 Å². The number of halogens is 3. The normalized spacial score (nSPS) is 16.4. The van der Waals surface area contributed by atoms with Crippen molar-refractivity contribution in [2.24, 2.45) is 0 Å². The van der Waals surface area contributed by atoms with Gasteiger partial charge in [-0.3, -0.25) is 9.69 Å². The van der Waals surface area contributed by atoms with Crippen molar-refractivity contribution < 1.29 is 27.4 Å². The third kappa shape index (κ3) is 5.44. The monoisotopic (exact) mass is 422 g/mol. The maximum atomic E-state index is 13.7. The Hall–Kier alpha value is -2.74. The number of carbonyl (C=O) groups excluding carboxylic acids is 1. The minimum absolute atomic E-state index is 0.0118. The van der Waals surface area contributed by atoms with E-state index in [1.165, 1.54) is 0 Å². The quantitative estimate of drug-likeness (QED) is 0.743. The average molecular weight is 422 g/mol. The van der Waals surface area contributed by atoms with Gasteiger partial charge in [0.05, 0.1) is 13.5 Å². The zero-order valence-corrected chi connectivity index (χ0v) is 17.0. The number of hydrogen-bond donors (Lipinski definition) is 1. The van der Waals surface area contributed by atoms with Crippen LogP contribution >= 0.6 is 0 Å². The van der Waals surface area contributed by atoms with Crippen molar-refractivity contribution >= 4 is 5.91 Å². The molecule has 1 atom stereocenters. The molecule has 30 heavy (non-hydrogen) atoms. The number of carbonyl (C=O) groups is 1. The molecule has 1 heterocycles. The Morgan fingerprint density at radius 3 is 2.63 bits per heavy atom. The second-order valence-corrected chi connectivity index (χ2v) is 7.23. The van der Waals surface area contributed by atoms with Crippen LogP contribution in [0.15, 0.2) is 30.3 Å². The molecule has 0 radical (unpaired) electrons. The summed E-state index contributed by atoms with van der Waals surface area (Å²) in [4.78, 5) is 14.3. The van der Waals surface area contributed by atoms with E-state index in [-0.39, 0.29) is 6.10 Å². The highest BCUT2D eigenvalue weighted by Gasteiger charge is 2.22. The van der Waals surface area contributed by atoms with Crippen LogP contribution in [0.25, 0.3) is 0 Å². The maximum Gasteiger partial charge on any atom is 0.224 e. The summed E-state index contributed by atoms with van der Waals surface area (Å²) in [6.07, 6.45) is 0.355. The summed E-state index contributed by atoms with van der Waals surface area (Å²) < 4.78 is 51.8. The van der Waals surface area contributed by atoms with E-state index in [0.29, 0.717) is 38.3 Å². The summed E-state index contributed by atoms with van der Waals surface area (Å²) in [5, 5.41) is 2.67. The fraction of sp³-hybridized carbons (Fsp3) is 0.409. The first-order valence-electron chi connectivity index (χ1n) is 9.85. The van der Waals surface area contributed by atoms with E-state index in [4.69, 9.17) is 9.47 Å². The van der Waals surface area contributed by atoms with Gasteiger partial charge >= 0.3 is 0 Å². The second kappa shape index (κ2) is 9.84. The summed E-state index contributed by atoms with van der Waals surface area (Å²) in [7, 11) is 1.61. The summed E-state index contributed by atoms with van der Waals surface area (Å²) >= 11 is 0. The molecule has 1 amide bonds. The molecule has 1 aliphatic heterocycles. The predicted octanol–water partition coefficient (Wildman–Crippen LogP) is 3.44. The zero-order chi connectivity index (χ0) is 21.7. The van der Waals surface area contributed by atoms with Crippen molar-refractivity contribution in [1.82, 2.24) is 10.2 Å². The number of benzene rings is 2. The van der Waals surface area contributed by atoms with Crippen LogP contribution in [0, 0.1) is 17.5 Å². The first kappa shape index (κ1) is 22.0. The second-order valence-electron chi connectivity index (χ2n) is 7.23. The van der Waals surface area contributed by atoms with Gasteiger partial charge in [0.2, 0.25) is 5.91 Å². The van der Waals surface area contributed by atoms with E-state index in [9.17, 15) is 18.0 Å². The van der Waals surface area contributed by atoms with E-state index in [1.54, 1.807) is 7.11 Å². The van der Waals surface area contributed by atoms with Crippen molar-refractivity contribution in [1.29, 1.82) is 0 Å². The standard InChI is InChI=1S/C22H25F3N2O3/c1-3-16-13-27(12-14-8-17(29-2)4-5-21(14)30-16)7-6-26-22(28)11-18-19(24)9-15(23)10-20(18)25/h4-5,8-10,16H,3,6-7,11-13H2,1-2H3,(H,26,28)/t16-/m1/s1. The lowest BCUT2D eigenvalue weighted by Gasteiger charge is -2.23. The molecule has 0 unspecified atom stereocenters. The van der Waals surface area contributed by atoms with Gasteiger partial charge in [0.25, 0.3) is 0 Å². The highest BCUT2D eigenvalue weighted by molar-refractivity contribution is 5.78. The lowest BCUT2D eigenvalue weighted by Crippen LogP contribution is -2.39. The summed E-state index contributed by atoms with van der Waals surface area (Å²) in [6, 6.07) is 6.82. The van der Waals surface area contributed by atoms with Gasteiger partial charge in [0.1, 0.15) is 35.1 Å². The van der Waals surface area contributed by atoms with Crippen LogP contribution in [0.2, 0.25) is 0 Å². The van der Waals surface area contributed by atoms with Gasteiger partial charge in [-0.2, -0.15) is 0 Å². The molecule has 1 N–H and O–H groups in total. The van der Waals surface area contributed by atoms with Crippen molar-refractivity contribution in [3.63, 3.8) is 0 Å². The van der Waals surface area contributed by atoms with Gasteiger partial charge in [0, 0.05) is 49.4 Å². The van der Waals surface area contributed by atoms with E-state index in [1.807, 2.05) is 25.1 Å². The molecular formula is C22H25F3N2O3. The number of fused-ring (bicyclic) bond motifs is 1. The smallest absolute Gasteiger partial charge is 0.224 e. The average Bonchev–Trinajstić information content (AvgIpc) is 2.88. The molecule has 162 valence electrons. The van der Waals surface area contributed by atoms with E-state index in [0.717, 1.165) is 23.5 Å². The number of nitrogens with one attached hydrogen (secondary N) is 1. The van der Waals surface area contributed by atoms with E-state index < -0.39 is 35.3 Å². The zero-order valence-electron chi connectivity index (χ0n) is 17.0. The predicted molar refractivity (Wildman–Crippen MR) is 106 cm³/mol. The number of rotatable bonds is 7. The highest BCUT2D eigenvalue weighted by atomic mass is 19.1. The van der Waals surface area contributed by atoms with Crippen LogP contribution in [0.1, 0.15) is 24.5 Å². The fourth-order valence-electron chi connectivity index (χ4n) is 3.43. The van der Waals surface area contributed by atoms with E-state index in [2.05, 4.69) is 10.2 Å². The Labute approximate surface area is 173 Å². The lowest BCUT2D eigenvalue weighted by atomic mass is 10.1. The van der Waals surface area contributed by atoms with Crippen LogP contribution in [0.3, 0.4) is 0 Å². The minimum atomic E-state index is -1.07. The molecule has 1 aliphatic rings. The SMILES string of the molecule is CC[C@@H]1CN(CCNC(=O)Cc2c(F)cc(F)cc2F)Cc2cc(OC)ccc2O1. The highest BCUT2D eigenvalue weighted by Crippen LogP contribution is 2.29. The molecule has 0 aliphatic carbocycles. The summed E-state index contributed by atoms with van der Waals surface area (Å²) in [5.74, 6) is -2.12. The van der Waals surface area contributed by atoms with Crippen LogP contribution in [0.4, 0.5) is 13.2 Å². The Balaban J connectivity index is 1.58. The maximum absolute atomic E-state index is 13.7. The molecule has 8 heteroatoms. The Morgan fingerprint density at radius 2 is 1.97 bits per heavy atom. The van der Waals surface area contributed by atoms with Gasteiger partial charge in [-0.15, -0.1) is 0 Å². The molecule has 0 aromatic heterocycles. The molecule has 0 fully saturated rings. The molecule has 2 aromatic rings. The van der Waals surface area contributed by atoms with Crippen molar-refractivity contribution in [3.05, 3.63) is 58.9 Å². The lowest BCUT2D eigenvalue weighted by molar-refractivity contribution is -0.120. The molecular weight excluding hydrogens is 397 g/mol. The van der Waals surface area contributed by atoms with Crippen LogP contribution in [-0.2, 0) is 17.8 Å². The Kier molecular flexibility index (Phi) is 7.20. The topological polar surface area (TPSA) is 50.8 Å². The van der Waals surface area contributed by atoms with Gasteiger partial charge in [-0.05, 0) is 24.6 Å². The van der Waals surface area contributed by atoms with Gasteiger partial charge < -0.3 is 14.8 Å². The fourth-order valence-corrected chi connectivity index (χ4v) is 3.43. The molecule has 0 spiro atoms. The molecule has 3 rings (SSSR count). The van der Waals surface area contributed by atoms with Gasteiger partial charge in [0.15, 0.2) is 0 Å². The van der Waals surface area contributed by atoms with Crippen molar-refractivity contribution in [3.8, 4) is 11.5 Å². The third-order valence-corrected chi connectivity index (χ3v) is 5.07. The number of amides is 1. The number of ether oxygens (including phenoxy) is 2. The molecule has 2 aromatic carbocycles. The molecule has 0 saturated heterocycles. The van der Waals surface area contributed by atoms with Crippen LogP contribution in [0.5, 0.6) is 11.5 Å². The first-order valence-corrected chi connectivity index (χ1v) is 9.85. The number of methoxy groups -OCH3 is 1. The van der Waals surface area contributed by atoms with Crippen LogP contribution < -0.4 is 14.8 Å². The summed E-state index contributed by atoms with van der Waals surface area (Å²) in [5.41, 5.74) is 0.552. The molecule has 5 nitrogen and oxygen atoms in total. The Bertz CT molecular complexity index is 884. The molecule has 0 bridgehead atoms. The third-order valence-electron chi connectivity index (χ3n) is 5.07. The first-order chi connectivity index (χ1) is 14.4. The van der Waals surface area contributed by atoms with Crippen molar-refractivity contribution in [2.45, 2.75) is 32.4 Å². The van der Waals surface area contributed by atoms with E-state index >= 15 is 0 Å². The largest absolute Gasteiger partial charge is 0.497 e. The summed E-state index contributed by atoms with van der Waals surface area (Å²) in [6.45, 7) is 4.20. The van der Waals surface area contributed by atoms with Crippen molar-refractivity contribution in [2.75, 3.05) is 26.7 Å². The molecule has 0 saturated carbocycles. The van der Waals surface area contributed by atoms with Gasteiger partial charge in [-0.1, -0.05) is 6.92 Å². The van der Waals surface area contributed by atoms with Gasteiger partial charge in [-0.25, -0.2) is 13.2 Å². The Morgan fingerprint density at radius 1 is 1.23 bits per heavy atom.